The highest BCUT2D eigenvalue weighted by Gasteiger charge is 2.39. The lowest BCUT2D eigenvalue weighted by molar-refractivity contribution is 0.277. The van der Waals surface area contributed by atoms with E-state index in [1.165, 1.54) is 0 Å². The van der Waals surface area contributed by atoms with Gasteiger partial charge in [-0.25, -0.2) is 0 Å². The van der Waals surface area contributed by atoms with E-state index in [1.54, 1.807) is 7.11 Å². The van der Waals surface area contributed by atoms with Gasteiger partial charge in [0.05, 0.1) is 12.6 Å². The molecule has 1 aromatic rings. The van der Waals surface area contributed by atoms with Crippen LogP contribution in [0.2, 0.25) is 0 Å². The van der Waals surface area contributed by atoms with Gasteiger partial charge in [-0.2, -0.15) is 0 Å². The van der Waals surface area contributed by atoms with Crippen LogP contribution < -0.4 is 15.2 Å². The van der Waals surface area contributed by atoms with Gasteiger partial charge in [-0.15, -0.1) is 0 Å². The molecule has 0 aliphatic heterocycles. The molecule has 0 saturated heterocycles. The van der Waals surface area contributed by atoms with E-state index in [0.29, 0.717) is 6.61 Å². The van der Waals surface area contributed by atoms with Gasteiger partial charge in [0.2, 0.25) is 0 Å². The Kier molecular flexibility index (Phi) is 2.57. The summed E-state index contributed by atoms with van der Waals surface area (Å²) in [7, 11) is 1.66. The smallest absolute Gasteiger partial charge is 0.123 e. The van der Waals surface area contributed by atoms with Crippen molar-refractivity contribution in [3.05, 3.63) is 23.8 Å². The fourth-order valence-corrected chi connectivity index (χ4v) is 1.45. The molecule has 0 heterocycles. The monoisotopic (exact) mass is 207 g/mol. The van der Waals surface area contributed by atoms with Crippen LogP contribution in [0.5, 0.6) is 11.5 Å². The summed E-state index contributed by atoms with van der Waals surface area (Å²) in [6.07, 6.45) is 2.13. The van der Waals surface area contributed by atoms with Gasteiger partial charge >= 0.3 is 0 Å². The number of methoxy groups -OCH3 is 1. The Labute approximate surface area is 90.2 Å². The quantitative estimate of drug-likeness (QED) is 0.819. The van der Waals surface area contributed by atoms with Gasteiger partial charge in [-0.1, -0.05) is 0 Å². The Balaban J connectivity index is 2.03. The van der Waals surface area contributed by atoms with Crippen LogP contribution in [0.1, 0.15) is 18.4 Å². The summed E-state index contributed by atoms with van der Waals surface area (Å²) in [5.41, 5.74) is 7.01. The van der Waals surface area contributed by atoms with Crippen LogP contribution in [-0.4, -0.2) is 19.3 Å². The zero-order valence-corrected chi connectivity index (χ0v) is 9.25. The Morgan fingerprint density at radius 1 is 1.27 bits per heavy atom. The van der Waals surface area contributed by atoms with Crippen molar-refractivity contribution in [3.63, 3.8) is 0 Å². The van der Waals surface area contributed by atoms with Gasteiger partial charge in [0.1, 0.15) is 18.1 Å². The Morgan fingerprint density at radius 3 is 2.53 bits per heavy atom. The largest absolute Gasteiger partial charge is 0.497 e. The van der Waals surface area contributed by atoms with E-state index in [2.05, 4.69) is 0 Å². The SMILES string of the molecule is COc1cc(C)cc(OCC2(N)CC2)c1. The summed E-state index contributed by atoms with van der Waals surface area (Å²) < 4.78 is 10.8. The summed E-state index contributed by atoms with van der Waals surface area (Å²) in [5.74, 6) is 1.66. The molecule has 0 radical (unpaired) electrons. The molecule has 0 unspecified atom stereocenters. The van der Waals surface area contributed by atoms with Crippen LogP contribution in [0.25, 0.3) is 0 Å². The van der Waals surface area contributed by atoms with Crippen LogP contribution in [0, 0.1) is 6.92 Å². The van der Waals surface area contributed by atoms with E-state index >= 15 is 0 Å². The summed E-state index contributed by atoms with van der Waals surface area (Å²) >= 11 is 0. The minimum Gasteiger partial charge on any atom is -0.497 e. The first-order valence-electron chi connectivity index (χ1n) is 5.19. The summed E-state index contributed by atoms with van der Waals surface area (Å²) in [6.45, 7) is 2.62. The lowest BCUT2D eigenvalue weighted by Gasteiger charge is -2.12. The van der Waals surface area contributed by atoms with E-state index in [0.717, 1.165) is 29.9 Å². The minimum absolute atomic E-state index is 0.0724. The van der Waals surface area contributed by atoms with E-state index < -0.39 is 0 Å². The normalized spacial score (nSPS) is 17.3. The molecule has 3 nitrogen and oxygen atoms in total. The first-order chi connectivity index (χ1) is 7.11. The summed E-state index contributed by atoms with van der Waals surface area (Å²) in [4.78, 5) is 0. The molecule has 3 heteroatoms. The average Bonchev–Trinajstić information content (AvgIpc) is 2.94. The molecule has 1 aliphatic rings. The third kappa shape index (κ3) is 2.63. The molecule has 1 aliphatic carbocycles. The minimum atomic E-state index is -0.0724. The number of benzene rings is 1. The topological polar surface area (TPSA) is 44.5 Å². The number of nitrogens with two attached hydrogens (primary N) is 1. The molecule has 1 aromatic carbocycles. The van der Waals surface area contributed by atoms with E-state index in [9.17, 15) is 0 Å². The maximum absolute atomic E-state index is 5.95. The predicted octanol–water partition coefficient (Wildman–Crippen LogP) is 1.87. The third-order valence-electron chi connectivity index (χ3n) is 2.68. The molecule has 0 aromatic heterocycles. The molecule has 0 atom stereocenters. The highest BCUT2D eigenvalue weighted by atomic mass is 16.5. The van der Waals surface area contributed by atoms with Gasteiger partial charge < -0.3 is 15.2 Å². The van der Waals surface area contributed by atoms with Crippen LogP contribution in [0.4, 0.5) is 0 Å². The van der Waals surface area contributed by atoms with Gasteiger partial charge in [0, 0.05) is 6.07 Å². The van der Waals surface area contributed by atoms with Crippen molar-refractivity contribution in [1.29, 1.82) is 0 Å². The van der Waals surface area contributed by atoms with Gasteiger partial charge in [0.25, 0.3) is 0 Å². The molecule has 0 spiro atoms. The van der Waals surface area contributed by atoms with Gasteiger partial charge in [-0.05, 0) is 37.5 Å². The maximum atomic E-state index is 5.95. The van der Waals surface area contributed by atoms with Crippen molar-refractivity contribution in [3.8, 4) is 11.5 Å². The summed E-state index contributed by atoms with van der Waals surface area (Å²) in [5, 5.41) is 0. The van der Waals surface area contributed by atoms with Crippen molar-refractivity contribution in [2.75, 3.05) is 13.7 Å². The molecular formula is C12H17NO2. The number of aryl methyl sites for hydroxylation is 1. The number of hydrogen-bond donors (Lipinski definition) is 1. The molecule has 1 saturated carbocycles. The fraction of sp³-hybridized carbons (Fsp3) is 0.500. The second-order valence-corrected chi connectivity index (χ2v) is 4.34. The van der Waals surface area contributed by atoms with Crippen molar-refractivity contribution in [1.82, 2.24) is 0 Å². The third-order valence-corrected chi connectivity index (χ3v) is 2.68. The van der Waals surface area contributed by atoms with Crippen molar-refractivity contribution in [2.24, 2.45) is 5.73 Å². The Bertz CT molecular complexity index is 359. The molecule has 2 rings (SSSR count). The molecule has 0 bridgehead atoms. The number of hydrogen-bond acceptors (Lipinski definition) is 3. The van der Waals surface area contributed by atoms with Gasteiger partial charge in [0.15, 0.2) is 0 Å². The van der Waals surface area contributed by atoms with E-state index in [-0.39, 0.29) is 5.54 Å². The molecule has 2 N–H and O–H groups in total. The number of rotatable bonds is 4. The van der Waals surface area contributed by atoms with E-state index in [4.69, 9.17) is 15.2 Å². The highest BCUT2D eigenvalue weighted by molar-refractivity contribution is 5.37. The maximum Gasteiger partial charge on any atom is 0.123 e. The lowest BCUT2D eigenvalue weighted by atomic mass is 10.2. The van der Waals surface area contributed by atoms with Gasteiger partial charge in [-0.3, -0.25) is 0 Å². The average molecular weight is 207 g/mol. The Hall–Kier alpha value is -1.22. The zero-order valence-electron chi connectivity index (χ0n) is 9.25. The molecule has 15 heavy (non-hydrogen) atoms. The van der Waals surface area contributed by atoms with E-state index in [1.807, 2.05) is 25.1 Å². The van der Waals surface area contributed by atoms with Crippen LogP contribution in [-0.2, 0) is 0 Å². The van der Waals surface area contributed by atoms with Crippen LogP contribution in [0.3, 0.4) is 0 Å². The van der Waals surface area contributed by atoms with Crippen LogP contribution in [0.15, 0.2) is 18.2 Å². The first kappa shape index (κ1) is 10.3. The first-order valence-corrected chi connectivity index (χ1v) is 5.19. The lowest BCUT2D eigenvalue weighted by Crippen LogP contribution is -2.29. The fourth-order valence-electron chi connectivity index (χ4n) is 1.45. The molecular weight excluding hydrogens is 190 g/mol. The summed E-state index contributed by atoms with van der Waals surface area (Å²) in [6, 6.07) is 5.86. The van der Waals surface area contributed by atoms with Crippen molar-refractivity contribution >= 4 is 0 Å². The second-order valence-electron chi connectivity index (χ2n) is 4.34. The second kappa shape index (κ2) is 3.74. The number of ether oxygens (including phenoxy) is 2. The molecule has 1 fully saturated rings. The standard InChI is InChI=1S/C12H17NO2/c1-9-5-10(14-2)7-11(6-9)15-8-12(13)3-4-12/h5-7H,3-4,8,13H2,1-2H3. The molecule has 0 amide bonds. The van der Waals surface area contributed by atoms with Crippen molar-refractivity contribution < 1.29 is 9.47 Å². The zero-order chi connectivity index (χ0) is 10.9. The Morgan fingerprint density at radius 2 is 1.93 bits per heavy atom. The highest BCUT2D eigenvalue weighted by Crippen LogP contribution is 2.33. The van der Waals surface area contributed by atoms with Crippen LogP contribution >= 0.6 is 0 Å². The predicted molar refractivity (Wildman–Crippen MR) is 59.4 cm³/mol. The molecule has 82 valence electrons. The van der Waals surface area contributed by atoms with Crippen molar-refractivity contribution in [2.45, 2.75) is 25.3 Å².